The average molecular weight is 328 g/mol. The van der Waals surface area contributed by atoms with Gasteiger partial charge in [0.15, 0.2) is 0 Å². The zero-order chi connectivity index (χ0) is 17.4. The highest BCUT2D eigenvalue weighted by atomic mass is 16.6. The van der Waals surface area contributed by atoms with Gasteiger partial charge in [-0.05, 0) is 37.5 Å². The SMILES string of the molecule is CCCCCC(CCCCC)(CCCCC)CCCOB(O)O. The van der Waals surface area contributed by atoms with E-state index < -0.39 is 7.32 Å². The summed E-state index contributed by atoms with van der Waals surface area (Å²) in [5.41, 5.74) is 0.448. The number of rotatable bonds is 17. The van der Waals surface area contributed by atoms with Crippen LogP contribution in [-0.2, 0) is 4.65 Å². The molecule has 0 aliphatic carbocycles. The minimum absolute atomic E-state index is 0.448. The molecule has 0 aliphatic heterocycles. The van der Waals surface area contributed by atoms with E-state index in [1.54, 1.807) is 0 Å². The first-order chi connectivity index (χ1) is 11.1. The summed E-state index contributed by atoms with van der Waals surface area (Å²) in [5.74, 6) is 0. The van der Waals surface area contributed by atoms with Crippen LogP contribution in [0.4, 0.5) is 0 Å². The second kappa shape index (κ2) is 15.5. The van der Waals surface area contributed by atoms with Crippen molar-refractivity contribution in [2.45, 2.75) is 111 Å². The van der Waals surface area contributed by atoms with Crippen molar-refractivity contribution >= 4 is 7.32 Å². The molecular formula is C19H41BO3. The Kier molecular flexibility index (Phi) is 15.4. The molecule has 0 aliphatic rings. The summed E-state index contributed by atoms with van der Waals surface area (Å²) in [6.07, 6.45) is 17.9. The maximum Gasteiger partial charge on any atom is 0.633 e. The van der Waals surface area contributed by atoms with Gasteiger partial charge < -0.3 is 14.7 Å². The molecule has 0 unspecified atom stereocenters. The lowest BCUT2D eigenvalue weighted by molar-refractivity contribution is 0.139. The van der Waals surface area contributed by atoms with Crippen LogP contribution in [0.3, 0.4) is 0 Å². The van der Waals surface area contributed by atoms with Crippen LogP contribution >= 0.6 is 0 Å². The van der Waals surface area contributed by atoms with E-state index in [1.165, 1.54) is 77.0 Å². The molecule has 0 radical (unpaired) electrons. The predicted molar refractivity (Wildman–Crippen MR) is 100 cm³/mol. The standard InChI is InChI=1S/C19H41BO3/c1-4-7-10-14-19(15-11-8-5-2,16-12-9-6-3)17-13-18-23-20(21)22/h21-22H,4-18H2,1-3H3. The van der Waals surface area contributed by atoms with Gasteiger partial charge in [-0.2, -0.15) is 0 Å². The molecule has 4 heteroatoms. The lowest BCUT2D eigenvalue weighted by atomic mass is 9.71. The quantitative estimate of drug-likeness (QED) is 0.274. The molecule has 0 saturated carbocycles. The number of hydrogen-bond acceptors (Lipinski definition) is 3. The minimum atomic E-state index is -1.62. The van der Waals surface area contributed by atoms with Crippen LogP contribution in [0.2, 0.25) is 0 Å². The molecule has 3 nitrogen and oxygen atoms in total. The molecule has 2 N–H and O–H groups in total. The molecule has 0 spiro atoms. The fourth-order valence-corrected chi connectivity index (χ4v) is 3.64. The molecule has 0 heterocycles. The molecule has 0 saturated heterocycles. The summed E-state index contributed by atoms with van der Waals surface area (Å²) in [5, 5.41) is 17.7. The third-order valence-electron chi connectivity index (χ3n) is 5.05. The fourth-order valence-electron chi connectivity index (χ4n) is 3.64. The van der Waals surface area contributed by atoms with Gasteiger partial charge in [0.25, 0.3) is 0 Å². The third kappa shape index (κ3) is 13.0. The van der Waals surface area contributed by atoms with Gasteiger partial charge in [0.05, 0.1) is 0 Å². The Balaban J connectivity index is 4.58. The Morgan fingerprint density at radius 2 is 1.04 bits per heavy atom. The van der Waals surface area contributed by atoms with Crippen molar-refractivity contribution in [3.8, 4) is 0 Å². The highest BCUT2D eigenvalue weighted by molar-refractivity contribution is 6.32. The summed E-state index contributed by atoms with van der Waals surface area (Å²) in [6.45, 7) is 7.26. The van der Waals surface area contributed by atoms with Crippen LogP contribution < -0.4 is 0 Å². The van der Waals surface area contributed by atoms with Crippen LogP contribution in [0, 0.1) is 5.41 Å². The van der Waals surface area contributed by atoms with Crippen molar-refractivity contribution in [3.63, 3.8) is 0 Å². The molecule has 0 fully saturated rings. The van der Waals surface area contributed by atoms with Crippen LogP contribution in [0.1, 0.15) is 111 Å². The summed E-state index contributed by atoms with van der Waals surface area (Å²) in [6, 6.07) is 0. The van der Waals surface area contributed by atoms with Crippen molar-refractivity contribution in [2.24, 2.45) is 5.41 Å². The molecule has 0 amide bonds. The topological polar surface area (TPSA) is 49.7 Å². The molecule has 0 aromatic carbocycles. The Morgan fingerprint density at radius 3 is 1.39 bits per heavy atom. The molecule has 0 aromatic rings. The summed E-state index contributed by atoms with van der Waals surface area (Å²) >= 11 is 0. The van der Waals surface area contributed by atoms with E-state index >= 15 is 0 Å². The van der Waals surface area contributed by atoms with Gasteiger partial charge in [-0.1, -0.05) is 78.6 Å². The van der Waals surface area contributed by atoms with Crippen LogP contribution in [0.25, 0.3) is 0 Å². The van der Waals surface area contributed by atoms with Gasteiger partial charge in [-0.25, -0.2) is 0 Å². The fraction of sp³-hybridized carbons (Fsp3) is 1.00. The van der Waals surface area contributed by atoms with E-state index in [0.29, 0.717) is 12.0 Å². The molecule has 23 heavy (non-hydrogen) atoms. The second-order valence-corrected chi connectivity index (χ2v) is 7.17. The zero-order valence-corrected chi connectivity index (χ0v) is 16.0. The first kappa shape index (κ1) is 22.9. The lowest BCUT2D eigenvalue weighted by Gasteiger charge is -2.35. The molecule has 0 rings (SSSR count). The van der Waals surface area contributed by atoms with E-state index in [2.05, 4.69) is 20.8 Å². The van der Waals surface area contributed by atoms with E-state index in [9.17, 15) is 0 Å². The molecule has 0 bridgehead atoms. The predicted octanol–water partition coefficient (Wildman–Crippen LogP) is 5.48. The molecule has 138 valence electrons. The second-order valence-electron chi connectivity index (χ2n) is 7.17. The summed E-state index contributed by atoms with van der Waals surface area (Å²) < 4.78 is 4.93. The maximum atomic E-state index is 8.84. The van der Waals surface area contributed by atoms with E-state index in [0.717, 1.165) is 12.8 Å². The van der Waals surface area contributed by atoms with Gasteiger partial charge in [-0.15, -0.1) is 0 Å². The monoisotopic (exact) mass is 328 g/mol. The highest BCUT2D eigenvalue weighted by Crippen LogP contribution is 2.41. The van der Waals surface area contributed by atoms with Crippen molar-refractivity contribution < 1.29 is 14.7 Å². The highest BCUT2D eigenvalue weighted by Gasteiger charge is 2.28. The number of unbranched alkanes of at least 4 members (excludes halogenated alkanes) is 6. The first-order valence-electron chi connectivity index (χ1n) is 10.1. The molecular weight excluding hydrogens is 287 g/mol. The Morgan fingerprint density at radius 1 is 0.652 bits per heavy atom. The average Bonchev–Trinajstić information content (AvgIpc) is 2.52. The zero-order valence-electron chi connectivity index (χ0n) is 16.0. The Hall–Kier alpha value is -0.0551. The first-order valence-corrected chi connectivity index (χ1v) is 10.1. The third-order valence-corrected chi connectivity index (χ3v) is 5.05. The molecule has 0 atom stereocenters. The van der Waals surface area contributed by atoms with Gasteiger partial charge in [0.2, 0.25) is 0 Å². The van der Waals surface area contributed by atoms with Crippen molar-refractivity contribution in [3.05, 3.63) is 0 Å². The smallest absolute Gasteiger partial charge is 0.402 e. The largest absolute Gasteiger partial charge is 0.633 e. The van der Waals surface area contributed by atoms with Gasteiger partial charge in [0, 0.05) is 6.61 Å². The number of hydrogen-bond donors (Lipinski definition) is 2. The van der Waals surface area contributed by atoms with Crippen LogP contribution in [-0.4, -0.2) is 24.0 Å². The summed E-state index contributed by atoms with van der Waals surface area (Å²) in [7, 11) is -1.62. The Bertz CT molecular complexity index is 220. The summed E-state index contributed by atoms with van der Waals surface area (Å²) in [4.78, 5) is 0. The normalized spacial score (nSPS) is 11.9. The van der Waals surface area contributed by atoms with E-state index in [-0.39, 0.29) is 0 Å². The lowest BCUT2D eigenvalue weighted by Crippen LogP contribution is -2.24. The van der Waals surface area contributed by atoms with Gasteiger partial charge in [0.1, 0.15) is 0 Å². The molecule has 0 aromatic heterocycles. The van der Waals surface area contributed by atoms with E-state index in [4.69, 9.17) is 14.7 Å². The van der Waals surface area contributed by atoms with Crippen LogP contribution in [0.15, 0.2) is 0 Å². The van der Waals surface area contributed by atoms with Crippen molar-refractivity contribution in [2.75, 3.05) is 6.61 Å². The van der Waals surface area contributed by atoms with Crippen molar-refractivity contribution in [1.82, 2.24) is 0 Å². The maximum absolute atomic E-state index is 8.84. The van der Waals surface area contributed by atoms with Gasteiger partial charge >= 0.3 is 7.32 Å². The van der Waals surface area contributed by atoms with Crippen LogP contribution in [0.5, 0.6) is 0 Å². The van der Waals surface area contributed by atoms with Gasteiger partial charge in [-0.3, -0.25) is 0 Å². The van der Waals surface area contributed by atoms with Crippen molar-refractivity contribution in [1.29, 1.82) is 0 Å². The Labute approximate surface area is 145 Å². The minimum Gasteiger partial charge on any atom is -0.402 e. The van der Waals surface area contributed by atoms with E-state index in [1.807, 2.05) is 0 Å².